The maximum absolute atomic E-state index is 4.13. The molecule has 0 spiro atoms. The minimum Gasteiger partial charge on any atom is -0.309 e. The zero-order chi connectivity index (χ0) is 25.4. The highest BCUT2D eigenvalue weighted by atomic mass is 79.9. The molecule has 0 N–H and O–H groups in total. The zero-order valence-electron chi connectivity index (χ0n) is 20.7. The highest BCUT2D eigenvalue weighted by Gasteiger charge is 2.16. The van der Waals surface area contributed by atoms with Crippen molar-refractivity contribution in [3.05, 3.63) is 138 Å². The van der Waals surface area contributed by atoms with E-state index in [0.29, 0.717) is 0 Å². The summed E-state index contributed by atoms with van der Waals surface area (Å²) in [7, 11) is 0. The number of rotatable bonds is 5. The van der Waals surface area contributed by atoms with Crippen LogP contribution in [-0.4, -0.2) is 4.57 Å². The number of hydrogen-bond donors (Lipinski definition) is 0. The molecular formula is C35H26BrN. The van der Waals surface area contributed by atoms with Gasteiger partial charge in [0.25, 0.3) is 0 Å². The standard InChI is InChI=1S/C35H26BrN/c1-3-5-12-30(4-2)37-33-20-17-28(27-11-8-10-26(22-27)24-14-18-29(36)19-15-24)23-32(33)35-31-13-7-6-9-25(31)16-21-34(35)37/h3-23H,2H2,1H3/b5-3-,30-12+. The first-order valence-corrected chi connectivity index (χ1v) is 13.3. The van der Waals surface area contributed by atoms with Gasteiger partial charge in [0.2, 0.25) is 0 Å². The molecule has 1 nitrogen and oxygen atoms in total. The number of hydrogen-bond acceptors (Lipinski definition) is 0. The first-order chi connectivity index (χ1) is 18.2. The van der Waals surface area contributed by atoms with Crippen molar-refractivity contribution in [1.82, 2.24) is 4.57 Å². The van der Waals surface area contributed by atoms with Gasteiger partial charge in [0.15, 0.2) is 0 Å². The van der Waals surface area contributed by atoms with E-state index in [1.807, 2.05) is 19.1 Å². The van der Waals surface area contributed by atoms with Crippen molar-refractivity contribution in [2.24, 2.45) is 0 Å². The van der Waals surface area contributed by atoms with Gasteiger partial charge in [-0.1, -0.05) is 101 Å². The number of halogens is 1. The van der Waals surface area contributed by atoms with E-state index in [-0.39, 0.29) is 0 Å². The van der Waals surface area contributed by atoms with Crippen molar-refractivity contribution in [1.29, 1.82) is 0 Å². The van der Waals surface area contributed by atoms with Gasteiger partial charge in [0, 0.05) is 20.9 Å². The molecule has 0 fully saturated rings. The van der Waals surface area contributed by atoms with Crippen LogP contribution < -0.4 is 0 Å². The Balaban J connectivity index is 1.62. The van der Waals surface area contributed by atoms with E-state index < -0.39 is 0 Å². The Bertz CT molecular complexity index is 1850. The van der Waals surface area contributed by atoms with Gasteiger partial charge in [0.05, 0.1) is 11.0 Å². The van der Waals surface area contributed by atoms with Gasteiger partial charge < -0.3 is 4.57 Å². The Labute approximate surface area is 225 Å². The first kappa shape index (κ1) is 23.3. The summed E-state index contributed by atoms with van der Waals surface area (Å²) in [6.07, 6.45) is 8.17. The SMILES string of the molecule is C=C/C(=C\C=C/C)n1c2ccc(-c3cccc(-c4ccc(Br)cc4)c3)cc2c2c3ccccc3ccc21. The van der Waals surface area contributed by atoms with Crippen LogP contribution in [-0.2, 0) is 0 Å². The summed E-state index contributed by atoms with van der Waals surface area (Å²) in [5, 5.41) is 5.02. The largest absolute Gasteiger partial charge is 0.309 e. The number of aromatic nitrogens is 1. The van der Waals surface area contributed by atoms with E-state index in [1.165, 1.54) is 54.8 Å². The maximum Gasteiger partial charge on any atom is 0.0547 e. The third-order valence-electron chi connectivity index (χ3n) is 6.95. The molecule has 0 amide bonds. The Morgan fingerprint density at radius 3 is 2.19 bits per heavy atom. The van der Waals surface area contributed by atoms with Crippen LogP contribution in [0.2, 0.25) is 0 Å². The maximum atomic E-state index is 4.13. The monoisotopic (exact) mass is 539 g/mol. The Morgan fingerprint density at radius 1 is 0.703 bits per heavy atom. The third kappa shape index (κ3) is 4.14. The molecule has 0 aliphatic rings. The highest BCUT2D eigenvalue weighted by molar-refractivity contribution is 9.10. The summed E-state index contributed by atoms with van der Waals surface area (Å²) in [6, 6.07) is 37.2. The predicted molar refractivity (Wildman–Crippen MR) is 165 cm³/mol. The summed E-state index contributed by atoms with van der Waals surface area (Å²) in [6.45, 7) is 6.16. The van der Waals surface area contributed by atoms with Gasteiger partial charge in [0.1, 0.15) is 0 Å². The fraction of sp³-hybridized carbons (Fsp3) is 0.0286. The van der Waals surface area contributed by atoms with E-state index in [2.05, 4.69) is 142 Å². The van der Waals surface area contributed by atoms with Crippen molar-refractivity contribution >= 4 is 54.2 Å². The fourth-order valence-corrected chi connectivity index (χ4v) is 5.46. The molecule has 0 unspecified atom stereocenters. The van der Waals surface area contributed by atoms with Gasteiger partial charge >= 0.3 is 0 Å². The van der Waals surface area contributed by atoms with Crippen LogP contribution >= 0.6 is 15.9 Å². The second-order valence-corrected chi connectivity index (χ2v) is 10.1. The summed E-state index contributed by atoms with van der Waals surface area (Å²) in [4.78, 5) is 0. The molecule has 1 aromatic heterocycles. The lowest BCUT2D eigenvalue weighted by atomic mass is 9.97. The lowest BCUT2D eigenvalue weighted by molar-refractivity contribution is 1.24. The Kier molecular flexibility index (Phi) is 6.12. The van der Waals surface area contributed by atoms with Crippen LogP contribution in [0.5, 0.6) is 0 Å². The highest BCUT2D eigenvalue weighted by Crippen LogP contribution is 2.39. The minimum absolute atomic E-state index is 1.05. The number of fused-ring (bicyclic) bond motifs is 5. The van der Waals surface area contributed by atoms with Crippen molar-refractivity contribution in [2.75, 3.05) is 0 Å². The number of benzene rings is 5. The number of nitrogens with zero attached hydrogens (tertiary/aromatic N) is 1. The number of allylic oxidation sites excluding steroid dienone is 5. The van der Waals surface area contributed by atoms with Crippen molar-refractivity contribution < 1.29 is 0 Å². The molecule has 5 aromatic carbocycles. The van der Waals surface area contributed by atoms with E-state index in [4.69, 9.17) is 0 Å². The molecule has 6 rings (SSSR count). The quantitative estimate of drug-likeness (QED) is 0.192. The minimum atomic E-state index is 1.05. The van der Waals surface area contributed by atoms with Gasteiger partial charge in [-0.2, -0.15) is 0 Å². The van der Waals surface area contributed by atoms with Crippen LogP contribution in [0.15, 0.2) is 138 Å². The third-order valence-corrected chi connectivity index (χ3v) is 7.48. The van der Waals surface area contributed by atoms with E-state index >= 15 is 0 Å². The molecule has 6 aromatic rings. The Hall–Kier alpha value is -4.14. The van der Waals surface area contributed by atoms with Crippen LogP contribution in [0.3, 0.4) is 0 Å². The molecular weight excluding hydrogens is 514 g/mol. The summed E-state index contributed by atoms with van der Waals surface area (Å²) >= 11 is 3.54. The topological polar surface area (TPSA) is 4.93 Å². The molecule has 0 aliphatic heterocycles. The van der Waals surface area contributed by atoms with Crippen molar-refractivity contribution in [3.8, 4) is 22.3 Å². The zero-order valence-corrected chi connectivity index (χ0v) is 22.2. The normalized spacial score (nSPS) is 12.2. The van der Waals surface area contributed by atoms with Crippen LogP contribution in [0.4, 0.5) is 0 Å². The fourth-order valence-electron chi connectivity index (χ4n) is 5.20. The molecule has 37 heavy (non-hydrogen) atoms. The lowest BCUT2D eigenvalue weighted by Crippen LogP contribution is -1.94. The molecule has 0 atom stereocenters. The van der Waals surface area contributed by atoms with Gasteiger partial charge in [-0.05, 0) is 88.5 Å². The van der Waals surface area contributed by atoms with Crippen molar-refractivity contribution in [2.45, 2.75) is 6.92 Å². The van der Waals surface area contributed by atoms with Gasteiger partial charge in [-0.25, -0.2) is 0 Å². The molecule has 0 saturated carbocycles. The van der Waals surface area contributed by atoms with Crippen LogP contribution in [0.25, 0.3) is 60.5 Å². The van der Waals surface area contributed by atoms with Crippen LogP contribution in [0.1, 0.15) is 6.92 Å². The predicted octanol–water partition coefficient (Wildman–Crippen LogP) is 10.6. The molecule has 1 heterocycles. The molecule has 2 heteroatoms. The second kappa shape index (κ2) is 9.72. The molecule has 0 radical (unpaired) electrons. The smallest absolute Gasteiger partial charge is 0.0547 e. The second-order valence-electron chi connectivity index (χ2n) is 9.16. The summed E-state index contributed by atoms with van der Waals surface area (Å²) in [5.41, 5.74) is 8.24. The Morgan fingerprint density at radius 2 is 1.41 bits per heavy atom. The molecule has 0 aliphatic carbocycles. The van der Waals surface area contributed by atoms with E-state index in [0.717, 1.165) is 10.2 Å². The van der Waals surface area contributed by atoms with Gasteiger partial charge in [-0.15, -0.1) is 0 Å². The van der Waals surface area contributed by atoms with E-state index in [1.54, 1.807) is 0 Å². The first-order valence-electron chi connectivity index (χ1n) is 12.5. The molecule has 178 valence electrons. The average Bonchev–Trinajstić information content (AvgIpc) is 3.28. The average molecular weight is 541 g/mol. The van der Waals surface area contributed by atoms with Gasteiger partial charge in [-0.3, -0.25) is 0 Å². The van der Waals surface area contributed by atoms with E-state index in [9.17, 15) is 0 Å². The summed E-state index contributed by atoms with van der Waals surface area (Å²) in [5.74, 6) is 0. The van der Waals surface area contributed by atoms with Crippen molar-refractivity contribution in [3.63, 3.8) is 0 Å². The lowest BCUT2D eigenvalue weighted by Gasteiger charge is -2.09. The van der Waals surface area contributed by atoms with Crippen LogP contribution in [0, 0.1) is 0 Å². The molecule has 0 bridgehead atoms. The molecule has 0 saturated heterocycles. The summed E-state index contributed by atoms with van der Waals surface area (Å²) < 4.78 is 3.41.